The van der Waals surface area contributed by atoms with E-state index >= 15 is 0 Å². The van der Waals surface area contributed by atoms with Crippen LogP contribution >= 0.6 is 24.0 Å². The van der Waals surface area contributed by atoms with Crippen LogP contribution in [0.2, 0.25) is 0 Å². The fourth-order valence-corrected chi connectivity index (χ4v) is 3.00. The summed E-state index contributed by atoms with van der Waals surface area (Å²) in [4.78, 5) is 7.32. The number of piperidine rings is 1. The fourth-order valence-electron chi connectivity index (χ4n) is 3.00. The Morgan fingerprint density at radius 2 is 1.95 bits per heavy atom. The third kappa shape index (κ3) is 7.99. The van der Waals surface area contributed by atoms with Gasteiger partial charge in [-0.25, -0.2) is 0 Å². The number of guanidine groups is 1. The molecule has 0 bridgehead atoms. The number of unbranched alkanes of at least 4 members (excludes halogenated alkanes) is 1. The molecule has 5 heteroatoms. The normalized spacial score (nSPS) is 23.0. The predicted octanol–water partition coefficient (Wildman–Crippen LogP) is 3.22. The van der Waals surface area contributed by atoms with Crippen LogP contribution in [-0.4, -0.2) is 49.6 Å². The molecule has 0 aromatic heterocycles. The minimum atomic E-state index is 0. The maximum atomic E-state index is 4.66. The highest BCUT2D eigenvalue weighted by Gasteiger charge is 2.20. The lowest BCUT2D eigenvalue weighted by atomic mass is 10.0. The van der Waals surface area contributed by atoms with Crippen LogP contribution in [0.3, 0.4) is 0 Å². The monoisotopic (exact) mass is 422 g/mol. The van der Waals surface area contributed by atoms with Gasteiger partial charge >= 0.3 is 0 Å². The highest BCUT2D eigenvalue weighted by atomic mass is 127. The Morgan fingerprint density at radius 1 is 1.14 bits per heavy atom. The molecule has 0 radical (unpaired) electrons. The van der Waals surface area contributed by atoms with E-state index in [4.69, 9.17) is 0 Å². The molecule has 1 atom stereocenters. The number of hydrogen-bond donors (Lipinski definition) is 2. The number of halogens is 1. The van der Waals surface area contributed by atoms with E-state index in [0.29, 0.717) is 0 Å². The predicted molar refractivity (Wildman–Crippen MR) is 106 cm³/mol. The summed E-state index contributed by atoms with van der Waals surface area (Å²) in [6.07, 6.45) is 9.46. The second-order valence-electron chi connectivity index (χ2n) is 6.68. The van der Waals surface area contributed by atoms with Gasteiger partial charge in [0.25, 0.3) is 0 Å². The lowest BCUT2D eigenvalue weighted by molar-refractivity contribution is 0.158. The summed E-state index contributed by atoms with van der Waals surface area (Å²) in [7, 11) is 0. The summed E-state index contributed by atoms with van der Waals surface area (Å²) in [5.41, 5.74) is 0. The third-order valence-electron chi connectivity index (χ3n) is 4.65. The number of nitrogens with zero attached hydrogens (tertiary/aromatic N) is 2. The molecule has 2 aliphatic rings. The first kappa shape index (κ1) is 20.0. The van der Waals surface area contributed by atoms with Gasteiger partial charge in [0.05, 0.1) is 0 Å². The summed E-state index contributed by atoms with van der Waals surface area (Å²) >= 11 is 0. The van der Waals surface area contributed by atoms with Crippen molar-refractivity contribution >= 4 is 29.9 Å². The zero-order valence-electron chi connectivity index (χ0n) is 14.4. The standard InChI is InChI=1S/C17H34N4.HI/c1-3-18-17(20-14-16-9-10-16)19-11-5-7-13-21-12-6-4-8-15(21)2;/h15-16H,3-14H2,1-2H3,(H2,18,19,20);1H. The van der Waals surface area contributed by atoms with E-state index in [2.05, 4.69) is 34.4 Å². The average molecular weight is 422 g/mol. The molecule has 1 heterocycles. The molecule has 2 rings (SSSR count). The first-order valence-electron chi connectivity index (χ1n) is 9.06. The summed E-state index contributed by atoms with van der Waals surface area (Å²) in [6.45, 7) is 10.1. The molecule has 2 N–H and O–H groups in total. The number of rotatable bonds is 8. The maximum Gasteiger partial charge on any atom is 0.191 e. The Morgan fingerprint density at radius 3 is 2.64 bits per heavy atom. The number of hydrogen-bond acceptors (Lipinski definition) is 2. The molecule has 22 heavy (non-hydrogen) atoms. The summed E-state index contributed by atoms with van der Waals surface area (Å²) in [6, 6.07) is 0.795. The first-order chi connectivity index (χ1) is 10.3. The lowest BCUT2D eigenvalue weighted by Crippen LogP contribution is -2.39. The van der Waals surface area contributed by atoms with E-state index in [1.807, 2.05) is 0 Å². The van der Waals surface area contributed by atoms with Crippen LogP contribution in [0, 0.1) is 5.92 Å². The van der Waals surface area contributed by atoms with E-state index in [-0.39, 0.29) is 24.0 Å². The number of nitrogens with one attached hydrogen (secondary N) is 2. The Kier molecular flexibility index (Phi) is 10.4. The van der Waals surface area contributed by atoms with Crippen molar-refractivity contribution in [3.8, 4) is 0 Å². The van der Waals surface area contributed by atoms with Gasteiger partial charge in [0.2, 0.25) is 0 Å². The summed E-state index contributed by atoms with van der Waals surface area (Å²) in [5, 5.41) is 6.81. The number of aliphatic imine (C=N–C) groups is 1. The van der Waals surface area contributed by atoms with Gasteiger partial charge in [0, 0.05) is 25.7 Å². The van der Waals surface area contributed by atoms with Crippen LogP contribution < -0.4 is 10.6 Å². The molecule has 1 unspecified atom stereocenters. The SMILES string of the molecule is CCNC(=NCC1CC1)NCCCCN1CCCCC1C.I. The molecule has 1 saturated heterocycles. The molecular weight excluding hydrogens is 387 g/mol. The van der Waals surface area contributed by atoms with Crippen molar-refractivity contribution in [2.24, 2.45) is 10.9 Å². The van der Waals surface area contributed by atoms with E-state index in [9.17, 15) is 0 Å². The largest absolute Gasteiger partial charge is 0.357 e. The van der Waals surface area contributed by atoms with Crippen LogP contribution in [0.5, 0.6) is 0 Å². The van der Waals surface area contributed by atoms with Gasteiger partial charge < -0.3 is 15.5 Å². The Balaban J connectivity index is 0.00000242. The minimum Gasteiger partial charge on any atom is -0.357 e. The van der Waals surface area contributed by atoms with Crippen LogP contribution in [0.1, 0.15) is 58.8 Å². The highest BCUT2D eigenvalue weighted by Crippen LogP contribution is 2.28. The second-order valence-corrected chi connectivity index (χ2v) is 6.68. The van der Waals surface area contributed by atoms with Crippen LogP contribution in [0.25, 0.3) is 0 Å². The molecule has 1 saturated carbocycles. The van der Waals surface area contributed by atoms with Gasteiger partial charge in [-0.05, 0) is 71.4 Å². The van der Waals surface area contributed by atoms with Crippen molar-refractivity contribution < 1.29 is 0 Å². The van der Waals surface area contributed by atoms with E-state index in [1.54, 1.807) is 0 Å². The molecule has 130 valence electrons. The van der Waals surface area contributed by atoms with E-state index in [1.165, 1.54) is 58.0 Å². The summed E-state index contributed by atoms with van der Waals surface area (Å²) in [5.74, 6) is 1.87. The van der Waals surface area contributed by atoms with Crippen LogP contribution in [-0.2, 0) is 0 Å². The second kappa shape index (κ2) is 11.5. The molecule has 0 aromatic carbocycles. The van der Waals surface area contributed by atoms with Crippen molar-refractivity contribution in [3.05, 3.63) is 0 Å². The van der Waals surface area contributed by atoms with Gasteiger partial charge in [-0.1, -0.05) is 6.42 Å². The van der Waals surface area contributed by atoms with Crippen molar-refractivity contribution in [1.29, 1.82) is 0 Å². The Labute approximate surface area is 153 Å². The van der Waals surface area contributed by atoms with Crippen molar-refractivity contribution in [1.82, 2.24) is 15.5 Å². The summed E-state index contributed by atoms with van der Waals surface area (Å²) < 4.78 is 0. The van der Waals surface area contributed by atoms with E-state index < -0.39 is 0 Å². The molecular formula is C17H35IN4. The molecule has 4 nitrogen and oxygen atoms in total. The van der Waals surface area contributed by atoms with Crippen LogP contribution in [0.15, 0.2) is 4.99 Å². The minimum absolute atomic E-state index is 0. The Bertz CT molecular complexity index is 318. The molecule has 0 aromatic rings. The topological polar surface area (TPSA) is 39.7 Å². The lowest BCUT2D eigenvalue weighted by Gasteiger charge is -2.33. The van der Waals surface area contributed by atoms with Gasteiger partial charge in [0.1, 0.15) is 0 Å². The maximum absolute atomic E-state index is 4.66. The van der Waals surface area contributed by atoms with Crippen LogP contribution in [0.4, 0.5) is 0 Å². The zero-order valence-corrected chi connectivity index (χ0v) is 16.8. The zero-order chi connectivity index (χ0) is 14.9. The number of likely N-dealkylation sites (tertiary alicyclic amines) is 1. The molecule has 0 amide bonds. The highest BCUT2D eigenvalue weighted by molar-refractivity contribution is 14.0. The van der Waals surface area contributed by atoms with Crippen molar-refractivity contribution in [2.75, 3.05) is 32.7 Å². The smallest absolute Gasteiger partial charge is 0.191 e. The van der Waals surface area contributed by atoms with Gasteiger partial charge in [-0.15, -0.1) is 24.0 Å². The third-order valence-corrected chi connectivity index (χ3v) is 4.65. The van der Waals surface area contributed by atoms with Gasteiger partial charge in [0.15, 0.2) is 5.96 Å². The molecule has 2 fully saturated rings. The average Bonchev–Trinajstić information content (AvgIpc) is 3.30. The van der Waals surface area contributed by atoms with Crippen molar-refractivity contribution in [3.63, 3.8) is 0 Å². The Hall–Kier alpha value is -0.0400. The van der Waals surface area contributed by atoms with Crippen molar-refractivity contribution in [2.45, 2.75) is 64.8 Å². The molecule has 1 aliphatic carbocycles. The van der Waals surface area contributed by atoms with Gasteiger partial charge in [-0.3, -0.25) is 4.99 Å². The van der Waals surface area contributed by atoms with E-state index in [0.717, 1.165) is 37.6 Å². The first-order valence-corrected chi connectivity index (χ1v) is 9.06. The molecule has 0 spiro atoms. The molecule has 1 aliphatic heterocycles. The fraction of sp³-hybridized carbons (Fsp3) is 0.941. The van der Waals surface area contributed by atoms with Gasteiger partial charge in [-0.2, -0.15) is 0 Å². The quantitative estimate of drug-likeness (QED) is 0.273.